The number of rotatable bonds is 3. The third-order valence-electron chi connectivity index (χ3n) is 4.74. The molecule has 0 aromatic carbocycles. The first-order valence-electron chi connectivity index (χ1n) is 7.47. The number of hydrogen-bond acceptors (Lipinski definition) is 4. The fourth-order valence-electron chi connectivity index (χ4n) is 2.29. The smallest absolute Gasteiger partial charge is 0.273 e. The van der Waals surface area contributed by atoms with Gasteiger partial charge in [-0.25, -0.2) is 0 Å². The predicted octanol–water partition coefficient (Wildman–Crippen LogP) is 1.13. The first-order chi connectivity index (χ1) is 9.56. The lowest BCUT2D eigenvalue weighted by molar-refractivity contribution is -0.162. The second kappa shape index (κ2) is 5.37. The Morgan fingerprint density at radius 2 is 2.05 bits per heavy atom. The van der Waals surface area contributed by atoms with Gasteiger partial charge < -0.3 is 19.8 Å². The summed E-state index contributed by atoms with van der Waals surface area (Å²) >= 11 is 0. The van der Waals surface area contributed by atoms with E-state index in [2.05, 4.69) is 44.5 Å². The molecule has 21 heavy (non-hydrogen) atoms. The molecule has 2 amide bonds. The summed E-state index contributed by atoms with van der Waals surface area (Å²) < 4.78 is 12.0. The van der Waals surface area contributed by atoms with Gasteiger partial charge in [-0.1, -0.05) is 20.8 Å². The zero-order chi connectivity index (χ0) is 15.9. The van der Waals surface area contributed by atoms with Gasteiger partial charge in [-0.3, -0.25) is 9.59 Å². The second-order valence-electron chi connectivity index (χ2n) is 7.41. The van der Waals surface area contributed by atoms with Crippen molar-refractivity contribution in [2.24, 2.45) is 0 Å². The Kier molecular flexibility index (Phi) is 4.20. The van der Waals surface area contributed by atoms with Gasteiger partial charge in [0.25, 0.3) is 5.91 Å². The number of carbonyl (C=O) groups excluding carboxylic acids is 2. The molecule has 0 unspecified atom stereocenters. The zero-order valence-electron chi connectivity index (χ0n) is 13.5. The van der Waals surface area contributed by atoms with Crippen LogP contribution in [0.15, 0.2) is 0 Å². The first kappa shape index (κ1) is 16.4. The molecule has 0 radical (unpaired) electrons. The van der Waals surface area contributed by atoms with E-state index in [1.54, 1.807) is 0 Å². The number of piperazine rings is 1. The van der Waals surface area contributed by atoms with Crippen LogP contribution < -0.4 is 10.6 Å². The van der Waals surface area contributed by atoms with Crippen LogP contribution >= 0.6 is 0 Å². The number of ether oxygens (including phenoxy) is 1. The van der Waals surface area contributed by atoms with E-state index in [1.807, 2.05) is 0 Å². The standard InChI is InChI=1S/C14H26N2O4Si/c1-13(2,3)21(4,5)19-9-10-6-7-14(20-10)12(18)15-8-11(17)16-14/h10H,6-9H2,1-5H3,(H,15,18)(H,16,17)/t10-,14+/m0/s1. The largest absolute Gasteiger partial charge is 0.414 e. The van der Waals surface area contributed by atoms with E-state index >= 15 is 0 Å². The normalized spacial score (nSPS) is 30.4. The minimum atomic E-state index is -1.83. The maximum absolute atomic E-state index is 12.0. The molecule has 2 aliphatic heterocycles. The van der Waals surface area contributed by atoms with E-state index in [9.17, 15) is 9.59 Å². The molecule has 2 fully saturated rings. The highest BCUT2D eigenvalue weighted by atomic mass is 28.4. The predicted molar refractivity (Wildman–Crippen MR) is 81.1 cm³/mol. The van der Waals surface area contributed by atoms with E-state index in [4.69, 9.17) is 9.16 Å². The Hall–Kier alpha value is -0.923. The van der Waals surface area contributed by atoms with Crippen molar-refractivity contribution in [1.29, 1.82) is 0 Å². The lowest BCUT2D eigenvalue weighted by atomic mass is 10.1. The highest BCUT2D eigenvalue weighted by Gasteiger charge is 2.50. The molecule has 0 saturated carbocycles. The second-order valence-corrected chi connectivity index (χ2v) is 12.2. The Bertz CT molecular complexity index is 447. The number of nitrogens with one attached hydrogen (secondary N) is 2. The van der Waals surface area contributed by atoms with E-state index in [-0.39, 0.29) is 29.5 Å². The van der Waals surface area contributed by atoms with Gasteiger partial charge in [0.1, 0.15) is 0 Å². The summed E-state index contributed by atoms with van der Waals surface area (Å²) in [5.41, 5.74) is -1.18. The summed E-state index contributed by atoms with van der Waals surface area (Å²) in [6, 6.07) is 0. The van der Waals surface area contributed by atoms with Crippen molar-refractivity contribution < 1.29 is 18.8 Å². The van der Waals surface area contributed by atoms with Crippen molar-refractivity contribution in [3.8, 4) is 0 Å². The van der Waals surface area contributed by atoms with Crippen LogP contribution in [0, 0.1) is 0 Å². The first-order valence-corrected chi connectivity index (χ1v) is 10.4. The van der Waals surface area contributed by atoms with Crippen molar-refractivity contribution in [2.45, 2.75) is 63.6 Å². The van der Waals surface area contributed by atoms with Crippen LogP contribution in [0.4, 0.5) is 0 Å². The number of amides is 2. The molecular formula is C14H26N2O4Si. The lowest BCUT2D eigenvalue weighted by Gasteiger charge is -2.37. The van der Waals surface area contributed by atoms with E-state index in [0.29, 0.717) is 19.4 Å². The zero-order valence-corrected chi connectivity index (χ0v) is 14.5. The van der Waals surface area contributed by atoms with Crippen LogP contribution in [0.25, 0.3) is 0 Å². The summed E-state index contributed by atoms with van der Waals surface area (Å²) in [7, 11) is -1.83. The monoisotopic (exact) mass is 314 g/mol. The van der Waals surface area contributed by atoms with Crippen molar-refractivity contribution in [2.75, 3.05) is 13.2 Å². The highest BCUT2D eigenvalue weighted by molar-refractivity contribution is 6.74. The van der Waals surface area contributed by atoms with Crippen molar-refractivity contribution in [1.82, 2.24) is 10.6 Å². The molecule has 2 saturated heterocycles. The lowest BCUT2D eigenvalue weighted by Crippen LogP contribution is -2.65. The number of carbonyl (C=O) groups is 2. The van der Waals surface area contributed by atoms with Crippen molar-refractivity contribution in [3.63, 3.8) is 0 Å². The SMILES string of the molecule is CC(C)(C)[Si](C)(C)OC[C@@H]1CC[C@@]2(NC(=O)CNC2=O)O1. The fraction of sp³-hybridized carbons (Fsp3) is 0.857. The molecule has 0 aliphatic carbocycles. The van der Waals surface area contributed by atoms with Crippen LogP contribution in [0.3, 0.4) is 0 Å². The minimum absolute atomic E-state index is 0.0229. The molecule has 6 nitrogen and oxygen atoms in total. The molecular weight excluding hydrogens is 288 g/mol. The summed E-state index contributed by atoms with van der Waals surface area (Å²) in [5.74, 6) is -0.461. The van der Waals surface area contributed by atoms with Crippen molar-refractivity contribution >= 4 is 20.1 Å². The topological polar surface area (TPSA) is 76.7 Å². The van der Waals surface area contributed by atoms with Crippen LogP contribution in [-0.2, 0) is 18.8 Å². The summed E-state index contributed by atoms with van der Waals surface area (Å²) in [4.78, 5) is 23.5. The quantitative estimate of drug-likeness (QED) is 0.766. The van der Waals surface area contributed by atoms with Gasteiger partial charge in [0.15, 0.2) is 8.32 Å². The molecule has 7 heteroatoms. The minimum Gasteiger partial charge on any atom is -0.414 e. The molecule has 2 aliphatic rings. The fourth-order valence-corrected chi connectivity index (χ4v) is 3.33. The highest BCUT2D eigenvalue weighted by Crippen LogP contribution is 2.37. The molecule has 120 valence electrons. The van der Waals surface area contributed by atoms with Gasteiger partial charge in [-0.05, 0) is 24.6 Å². The molecule has 0 bridgehead atoms. The van der Waals surface area contributed by atoms with Gasteiger partial charge >= 0.3 is 0 Å². The Labute approximate surface area is 127 Å². The van der Waals surface area contributed by atoms with Gasteiger partial charge in [0, 0.05) is 6.42 Å². The van der Waals surface area contributed by atoms with Gasteiger partial charge in [-0.15, -0.1) is 0 Å². The number of hydrogen-bond donors (Lipinski definition) is 2. The molecule has 0 aromatic heterocycles. The van der Waals surface area contributed by atoms with Crippen LogP contribution in [-0.4, -0.2) is 45.1 Å². The molecule has 2 rings (SSSR count). The maximum Gasteiger partial charge on any atom is 0.273 e. The summed E-state index contributed by atoms with van der Waals surface area (Å²) in [5, 5.41) is 5.39. The van der Waals surface area contributed by atoms with Gasteiger partial charge in [0.2, 0.25) is 11.6 Å². The molecule has 2 atom stereocenters. The van der Waals surface area contributed by atoms with Gasteiger partial charge in [-0.2, -0.15) is 0 Å². The van der Waals surface area contributed by atoms with Crippen molar-refractivity contribution in [3.05, 3.63) is 0 Å². The summed E-state index contributed by atoms with van der Waals surface area (Å²) in [6.45, 7) is 11.4. The van der Waals surface area contributed by atoms with E-state index in [0.717, 1.165) is 0 Å². The Balaban J connectivity index is 1.94. The third-order valence-corrected chi connectivity index (χ3v) is 9.24. The average molecular weight is 314 g/mol. The average Bonchev–Trinajstić information content (AvgIpc) is 2.75. The van der Waals surface area contributed by atoms with E-state index in [1.165, 1.54) is 0 Å². The summed E-state index contributed by atoms with van der Waals surface area (Å²) in [6.07, 6.45) is 1.06. The van der Waals surface area contributed by atoms with E-state index < -0.39 is 14.0 Å². The third kappa shape index (κ3) is 3.30. The molecule has 2 heterocycles. The van der Waals surface area contributed by atoms with Crippen LogP contribution in [0.5, 0.6) is 0 Å². The van der Waals surface area contributed by atoms with Gasteiger partial charge in [0.05, 0.1) is 19.3 Å². The maximum atomic E-state index is 12.0. The molecule has 2 N–H and O–H groups in total. The molecule has 1 spiro atoms. The van der Waals surface area contributed by atoms with Crippen LogP contribution in [0.2, 0.25) is 18.1 Å². The molecule has 0 aromatic rings. The van der Waals surface area contributed by atoms with Crippen LogP contribution in [0.1, 0.15) is 33.6 Å². The Morgan fingerprint density at radius 3 is 2.67 bits per heavy atom. The Morgan fingerprint density at radius 1 is 1.38 bits per heavy atom.